The summed E-state index contributed by atoms with van der Waals surface area (Å²) in [7, 11) is 0. The first kappa shape index (κ1) is 27.0. The van der Waals surface area contributed by atoms with Crippen molar-refractivity contribution in [2.45, 2.75) is 54.4 Å². The second kappa shape index (κ2) is 12.5. The Morgan fingerprint density at radius 1 is 0.773 bits per heavy atom. The van der Waals surface area contributed by atoms with E-state index in [2.05, 4.69) is 82.8 Å². The van der Waals surface area contributed by atoms with Crippen molar-refractivity contribution < 1.29 is 20.0 Å². The standard InChI is InChI=1S/2C9H13.CH2.2ClH.Ti/c2*1-9(2,3)8-6-4-5-7-8;;;;/h2*4,6H,5H2,1-3H3;1H2;2*1H;/q2*-1;;;;+2. The maximum absolute atomic E-state index is 3.30. The number of hydrogen-bond acceptors (Lipinski definition) is 0. The van der Waals surface area contributed by atoms with Crippen LogP contribution < -0.4 is 0 Å². The Kier molecular flexibility index (Phi) is 15.4. The summed E-state index contributed by atoms with van der Waals surface area (Å²) in [5.74, 6) is 0. The molecule has 0 aromatic heterocycles. The molecule has 0 heterocycles. The van der Waals surface area contributed by atoms with Gasteiger partial charge in [-0.1, -0.05) is 41.5 Å². The zero-order valence-corrected chi connectivity index (χ0v) is 17.9. The third-order valence-corrected chi connectivity index (χ3v) is 3.01. The minimum atomic E-state index is 0. The van der Waals surface area contributed by atoms with Crippen molar-refractivity contribution in [2.24, 2.45) is 10.8 Å². The van der Waals surface area contributed by atoms with Crippen molar-refractivity contribution in [1.29, 1.82) is 0 Å². The molecule has 0 aromatic carbocycles. The van der Waals surface area contributed by atoms with Gasteiger partial charge in [-0.15, -0.1) is 37.7 Å². The topological polar surface area (TPSA) is 0 Å². The molecule has 124 valence electrons. The van der Waals surface area contributed by atoms with Gasteiger partial charge in [0.05, 0.1) is 0 Å². The van der Waals surface area contributed by atoms with E-state index in [4.69, 9.17) is 0 Å². The van der Waals surface area contributed by atoms with Crippen LogP contribution in [0.1, 0.15) is 54.4 Å². The van der Waals surface area contributed by atoms with Crippen LogP contribution in [0.2, 0.25) is 0 Å². The average Bonchev–Trinajstić information content (AvgIpc) is 3.04. The molecule has 0 bridgehead atoms. The summed E-state index contributed by atoms with van der Waals surface area (Å²) < 4.78 is 0. The monoisotopic (exact) mass is 376 g/mol. The van der Waals surface area contributed by atoms with Crippen molar-refractivity contribution in [3.63, 3.8) is 0 Å². The van der Waals surface area contributed by atoms with Crippen molar-refractivity contribution >= 4 is 29.6 Å². The summed E-state index contributed by atoms with van der Waals surface area (Å²) in [5.41, 5.74) is 3.30. The average molecular weight is 377 g/mol. The van der Waals surface area contributed by atoms with Crippen molar-refractivity contribution in [3.8, 4) is 0 Å². The predicted molar refractivity (Wildman–Crippen MR) is 102 cm³/mol. The number of halogens is 2. The van der Waals surface area contributed by atoms with Crippen LogP contribution in [0, 0.1) is 23.0 Å². The Bertz CT molecular complexity index is 376. The second-order valence-electron chi connectivity index (χ2n) is 6.89. The molecule has 0 nitrogen and oxygen atoms in total. The van der Waals surface area contributed by atoms with Crippen LogP contribution >= 0.6 is 24.8 Å². The van der Waals surface area contributed by atoms with Gasteiger partial charge < -0.3 is 0 Å². The van der Waals surface area contributed by atoms with E-state index in [0.29, 0.717) is 10.8 Å². The van der Waals surface area contributed by atoms with Crippen LogP contribution in [-0.4, -0.2) is 4.82 Å². The predicted octanol–water partition coefficient (Wildman–Crippen LogP) is 6.25. The molecule has 2 aliphatic rings. The molecule has 2 aliphatic carbocycles. The van der Waals surface area contributed by atoms with Gasteiger partial charge in [-0.25, -0.2) is 23.3 Å². The fourth-order valence-electron chi connectivity index (χ4n) is 1.84. The number of allylic oxidation sites excluding steroid dienone is 8. The first-order valence-electron chi connectivity index (χ1n) is 7.12. The van der Waals surface area contributed by atoms with Gasteiger partial charge in [0, 0.05) is 0 Å². The van der Waals surface area contributed by atoms with E-state index >= 15 is 0 Å². The van der Waals surface area contributed by atoms with Crippen LogP contribution in [0.4, 0.5) is 0 Å². The zero-order chi connectivity index (χ0) is 15.8. The van der Waals surface area contributed by atoms with Crippen LogP contribution in [0.5, 0.6) is 0 Å². The molecule has 0 spiro atoms. The zero-order valence-electron chi connectivity index (χ0n) is 14.7. The third-order valence-electron chi connectivity index (χ3n) is 3.01. The molecule has 0 saturated carbocycles. The summed E-state index contributed by atoms with van der Waals surface area (Å²) in [6.07, 6.45) is 17.3. The SMILES string of the molecule is CC(C)(C)C1=[C-]CC=C1.CC(C)(C)C1=[C-]CC=C1.Cl.Cl.[CH2]=[Ti+2]. The van der Waals surface area contributed by atoms with E-state index in [0.717, 1.165) is 12.8 Å². The minimum absolute atomic E-state index is 0. The summed E-state index contributed by atoms with van der Waals surface area (Å²) >= 11 is 1.75. The fourth-order valence-corrected chi connectivity index (χ4v) is 1.84. The van der Waals surface area contributed by atoms with Gasteiger partial charge in [0.15, 0.2) is 0 Å². The Hall–Kier alpha value is 0.124. The van der Waals surface area contributed by atoms with Crippen molar-refractivity contribution in [3.05, 3.63) is 47.6 Å². The Labute approximate surface area is 162 Å². The molecule has 0 atom stereocenters. The first-order chi connectivity index (χ1) is 9.21. The van der Waals surface area contributed by atoms with E-state index < -0.39 is 0 Å². The van der Waals surface area contributed by atoms with Crippen LogP contribution in [-0.2, 0) is 20.0 Å². The maximum atomic E-state index is 3.30. The van der Waals surface area contributed by atoms with Crippen LogP contribution in [0.25, 0.3) is 0 Å². The summed E-state index contributed by atoms with van der Waals surface area (Å²) in [5, 5.41) is 0. The molecule has 0 radical (unpaired) electrons. The first-order valence-corrected chi connectivity index (χ1v) is 8.23. The van der Waals surface area contributed by atoms with Crippen molar-refractivity contribution in [2.75, 3.05) is 0 Å². The van der Waals surface area contributed by atoms with E-state index in [1.807, 2.05) is 0 Å². The summed E-state index contributed by atoms with van der Waals surface area (Å²) in [6.45, 7) is 13.3. The molecule has 0 aliphatic heterocycles. The molecule has 0 saturated heterocycles. The molecular weight excluding hydrogens is 347 g/mol. The number of rotatable bonds is 0. The number of hydrogen-bond donors (Lipinski definition) is 0. The molecule has 0 fully saturated rings. The molecule has 22 heavy (non-hydrogen) atoms. The molecule has 2 rings (SSSR count). The molecule has 0 amide bonds. The quantitative estimate of drug-likeness (QED) is 0.346. The van der Waals surface area contributed by atoms with E-state index in [1.54, 1.807) is 20.0 Å². The second-order valence-corrected chi connectivity index (χ2v) is 6.89. The Balaban J connectivity index is -0.000000273. The van der Waals surface area contributed by atoms with Gasteiger partial charge in [-0.2, -0.15) is 12.2 Å². The molecule has 0 unspecified atom stereocenters. The van der Waals surface area contributed by atoms with Gasteiger partial charge in [0.25, 0.3) is 0 Å². The van der Waals surface area contributed by atoms with Gasteiger partial charge >= 0.3 is 24.8 Å². The summed E-state index contributed by atoms with van der Waals surface area (Å²) in [6, 6.07) is 0. The Morgan fingerprint density at radius 2 is 1.05 bits per heavy atom. The Morgan fingerprint density at radius 3 is 1.14 bits per heavy atom. The van der Waals surface area contributed by atoms with E-state index in [9.17, 15) is 0 Å². The van der Waals surface area contributed by atoms with Gasteiger partial charge in [-0.05, 0) is 10.8 Å². The summed E-state index contributed by atoms with van der Waals surface area (Å²) in [4.78, 5) is 3.25. The van der Waals surface area contributed by atoms with Crippen LogP contribution in [0.3, 0.4) is 0 Å². The normalized spacial score (nSPS) is 15.3. The van der Waals surface area contributed by atoms with Gasteiger partial charge in [0.1, 0.15) is 0 Å². The van der Waals surface area contributed by atoms with Crippen LogP contribution in [0.15, 0.2) is 35.5 Å². The fraction of sp³-hybridized carbons (Fsp3) is 0.526. The molecule has 0 aromatic rings. The van der Waals surface area contributed by atoms with E-state index in [-0.39, 0.29) is 24.8 Å². The molecule has 0 N–H and O–H groups in total. The van der Waals surface area contributed by atoms with Gasteiger partial charge in [-0.3, -0.25) is 12.2 Å². The molecular formula is C19H30Cl2Ti. The van der Waals surface area contributed by atoms with Crippen molar-refractivity contribution in [1.82, 2.24) is 0 Å². The third kappa shape index (κ3) is 10.8. The van der Waals surface area contributed by atoms with Gasteiger partial charge in [0.2, 0.25) is 0 Å². The van der Waals surface area contributed by atoms with E-state index in [1.165, 1.54) is 11.1 Å². The molecule has 3 heteroatoms.